The van der Waals surface area contributed by atoms with E-state index in [0.717, 1.165) is 34.0 Å². The van der Waals surface area contributed by atoms with Gasteiger partial charge in [-0.2, -0.15) is 0 Å². The predicted molar refractivity (Wildman–Crippen MR) is 113 cm³/mol. The van der Waals surface area contributed by atoms with E-state index >= 15 is 0 Å². The average molecular weight is 373 g/mol. The topological polar surface area (TPSA) is 94.2 Å². The summed E-state index contributed by atoms with van der Waals surface area (Å²) in [5.74, 6) is 1.35. The first-order valence-corrected chi connectivity index (χ1v) is 9.23. The van der Waals surface area contributed by atoms with E-state index in [4.69, 9.17) is 15.6 Å². The predicted octanol–water partition coefficient (Wildman–Crippen LogP) is 5.21. The summed E-state index contributed by atoms with van der Waals surface area (Å²) in [6, 6.07) is 17.4. The zero-order valence-electron chi connectivity index (χ0n) is 15.6. The van der Waals surface area contributed by atoms with Gasteiger partial charge in [-0.25, -0.2) is 9.97 Å². The molecule has 6 nitrogen and oxygen atoms in total. The Morgan fingerprint density at radius 2 is 2.00 bits per heavy atom. The van der Waals surface area contributed by atoms with Crippen LogP contribution < -0.4 is 5.32 Å². The van der Waals surface area contributed by atoms with Crippen LogP contribution in [0.1, 0.15) is 44.1 Å². The minimum absolute atomic E-state index is 0. The van der Waals surface area contributed by atoms with Crippen molar-refractivity contribution in [3.63, 3.8) is 0 Å². The Morgan fingerprint density at radius 3 is 2.75 bits per heavy atom. The van der Waals surface area contributed by atoms with E-state index in [2.05, 4.69) is 21.5 Å². The molecule has 0 bridgehead atoms. The lowest BCUT2D eigenvalue weighted by molar-refractivity contribution is 0.319. The van der Waals surface area contributed by atoms with Crippen molar-refractivity contribution in [1.29, 1.82) is 5.41 Å². The van der Waals surface area contributed by atoms with Gasteiger partial charge in [0.2, 0.25) is 0 Å². The Hall–Kier alpha value is -3.54. The average Bonchev–Trinajstić information content (AvgIpc) is 3.59. The van der Waals surface area contributed by atoms with Crippen LogP contribution in [0.25, 0.3) is 11.3 Å². The molecule has 0 unspecified atom stereocenters. The molecule has 0 amide bonds. The molecule has 0 spiro atoms. The standard InChI is InChI=1S/C22H21N5O.H2/c1-14(27-28)18-4-2-5-20(24-18)16-10-11-17(13-23)21(12-16)26-22-7-3-6-19(25-22)15-8-9-15;/h2-7,10-13,15,23,28H,8-9H2,1H3,(H,25,26);1H/b23-13?,27-14-;. The van der Waals surface area contributed by atoms with Gasteiger partial charge in [0, 0.05) is 36.1 Å². The van der Waals surface area contributed by atoms with E-state index in [1.165, 1.54) is 19.1 Å². The molecule has 0 atom stereocenters. The number of oxime groups is 1. The second-order valence-electron chi connectivity index (χ2n) is 6.89. The van der Waals surface area contributed by atoms with Crippen LogP contribution in [-0.4, -0.2) is 27.1 Å². The largest absolute Gasteiger partial charge is 0.411 e. The van der Waals surface area contributed by atoms with Gasteiger partial charge < -0.3 is 15.9 Å². The van der Waals surface area contributed by atoms with Crippen molar-refractivity contribution in [3.05, 3.63) is 71.5 Å². The van der Waals surface area contributed by atoms with E-state index in [1.54, 1.807) is 13.0 Å². The molecular formula is C22H23N5O. The second-order valence-corrected chi connectivity index (χ2v) is 6.89. The summed E-state index contributed by atoms with van der Waals surface area (Å²) >= 11 is 0. The summed E-state index contributed by atoms with van der Waals surface area (Å²) < 4.78 is 0. The van der Waals surface area contributed by atoms with Gasteiger partial charge in [0.1, 0.15) is 11.5 Å². The van der Waals surface area contributed by atoms with Gasteiger partial charge in [-0.3, -0.25) is 0 Å². The van der Waals surface area contributed by atoms with E-state index in [1.807, 2.05) is 42.5 Å². The van der Waals surface area contributed by atoms with Crippen LogP contribution >= 0.6 is 0 Å². The monoisotopic (exact) mass is 373 g/mol. The Bertz CT molecular complexity index is 1060. The third kappa shape index (κ3) is 3.76. The summed E-state index contributed by atoms with van der Waals surface area (Å²) in [4.78, 5) is 9.28. The molecule has 0 aliphatic heterocycles. The molecule has 4 rings (SSSR count). The molecule has 6 heteroatoms. The minimum Gasteiger partial charge on any atom is -0.411 e. The van der Waals surface area contributed by atoms with Crippen molar-refractivity contribution in [2.45, 2.75) is 25.7 Å². The summed E-state index contributed by atoms with van der Waals surface area (Å²) in [5.41, 5.74) is 5.42. The van der Waals surface area contributed by atoms with Crippen molar-refractivity contribution < 1.29 is 6.63 Å². The van der Waals surface area contributed by atoms with Gasteiger partial charge in [0.15, 0.2) is 0 Å². The molecule has 2 heterocycles. The lowest BCUT2D eigenvalue weighted by Gasteiger charge is -2.12. The van der Waals surface area contributed by atoms with Gasteiger partial charge in [0.25, 0.3) is 0 Å². The van der Waals surface area contributed by atoms with Crippen LogP contribution in [0.15, 0.2) is 59.8 Å². The Labute approximate surface area is 165 Å². The maximum absolute atomic E-state index is 9.00. The third-order valence-corrected chi connectivity index (χ3v) is 4.80. The maximum Gasteiger partial charge on any atom is 0.130 e. The molecule has 3 N–H and O–H groups in total. The van der Waals surface area contributed by atoms with Crippen LogP contribution in [0, 0.1) is 5.41 Å². The molecule has 1 saturated carbocycles. The van der Waals surface area contributed by atoms with Crippen molar-refractivity contribution >= 4 is 23.4 Å². The molecule has 0 radical (unpaired) electrons. The highest BCUT2D eigenvalue weighted by molar-refractivity contribution is 5.97. The Kier molecular flexibility index (Phi) is 4.85. The molecule has 1 aliphatic carbocycles. The Balaban J connectivity index is 0.00000240. The quantitative estimate of drug-likeness (QED) is 0.314. The molecule has 1 aliphatic rings. The summed E-state index contributed by atoms with van der Waals surface area (Å²) in [6.07, 6.45) is 3.73. The fourth-order valence-corrected chi connectivity index (χ4v) is 3.06. The normalized spacial score (nSPS) is 14.0. The van der Waals surface area contributed by atoms with Crippen LogP contribution in [0.3, 0.4) is 0 Å². The van der Waals surface area contributed by atoms with E-state index in [-0.39, 0.29) is 1.43 Å². The highest BCUT2D eigenvalue weighted by atomic mass is 16.4. The number of hydrogen-bond acceptors (Lipinski definition) is 6. The molecule has 1 fully saturated rings. The fraction of sp³-hybridized carbons (Fsp3) is 0.182. The zero-order chi connectivity index (χ0) is 19.5. The molecule has 3 aromatic rings. The molecule has 142 valence electrons. The molecule has 28 heavy (non-hydrogen) atoms. The SMILES string of the molecule is C/C(=N/O)c1cccc(-c2ccc(C=N)c(Nc3cccc(C4CC4)n3)c2)n1.[HH]. The van der Waals surface area contributed by atoms with E-state index in [0.29, 0.717) is 17.3 Å². The smallest absolute Gasteiger partial charge is 0.130 e. The number of hydrogen-bond donors (Lipinski definition) is 3. The number of pyridine rings is 2. The Morgan fingerprint density at radius 1 is 1.18 bits per heavy atom. The van der Waals surface area contributed by atoms with Crippen molar-refractivity contribution in [3.8, 4) is 11.3 Å². The number of aromatic nitrogens is 2. The zero-order valence-corrected chi connectivity index (χ0v) is 15.6. The first kappa shape index (κ1) is 17.9. The van der Waals surface area contributed by atoms with Crippen molar-refractivity contribution in [2.75, 3.05) is 5.32 Å². The van der Waals surface area contributed by atoms with Crippen molar-refractivity contribution in [2.24, 2.45) is 5.16 Å². The summed E-state index contributed by atoms with van der Waals surface area (Å²) in [6.45, 7) is 1.70. The van der Waals surface area contributed by atoms with Crippen LogP contribution in [0.4, 0.5) is 11.5 Å². The van der Waals surface area contributed by atoms with Gasteiger partial charge in [0.05, 0.1) is 11.4 Å². The van der Waals surface area contributed by atoms with E-state index in [9.17, 15) is 0 Å². The second kappa shape index (κ2) is 7.60. The summed E-state index contributed by atoms with van der Waals surface area (Å²) in [7, 11) is 0. The number of nitrogens with one attached hydrogen (secondary N) is 2. The lowest BCUT2D eigenvalue weighted by Crippen LogP contribution is -2.01. The molecule has 0 saturated heterocycles. The van der Waals surface area contributed by atoms with Crippen LogP contribution in [0.2, 0.25) is 0 Å². The first-order valence-electron chi connectivity index (χ1n) is 9.23. The fourth-order valence-electron chi connectivity index (χ4n) is 3.06. The van der Waals surface area contributed by atoms with E-state index < -0.39 is 0 Å². The number of benzene rings is 1. The highest BCUT2D eigenvalue weighted by Crippen LogP contribution is 2.39. The van der Waals surface area contributed by atoms with Gasteiger partial charge in [-0.1, -0.05) is 29.4 Å². The van der Waals surface area contributed by atoms with Gasteiger partial charge >= 0.3 is 0 Å². The van der Waals surface area contributed by atoms with Crippen LogP contribution in [-0.2, 0) is 0 Å². The molecule has 2 aromatic heterocycles. The van der Waals surface area contributed by atoms with Crippen molar-refractivity contribution in [1.82, 2.24) is 9.97 Å². The number of rotatable bonds is 6. The maximum atomic E-state index is 9.00. The third-order valence-electron chi connectivity index (χ3n) is 4.80. The van der Waals surface area contributed by atoms with Crippen LogP contribution in [0.5, 0.6) is 0 Å². The van der Waals surface area contributed by atoms with Gasteiger partial charge in [-0.15, -0.1) is 0 Å². The minimum atomic E-state index is 0. The molecular weight excluding hydrogens is 350 g/mol. The lowest BCUT2D eigenvalue weighted by atomic mass is 10.1. The highest BCUT2D eigenvalue weighted by Gasteiger charge is 2.24. The molecule has 1 aromatic carbocycles. The first-order chi connectivity index (χ1) is 13.7. The number of anilines is 2. The number of nitrogens with zero attached hydrogens (tertiary/aromatic N) is 3. The van der Waals surface area contributed by atoms with Gasteiger partial charge in [-0.05, 0) is 50.1 Å². The summed E-state index contributed by atoms with van der Waals surface area (Å²) in [5, 5.41) is 23.3.